The molecule has 0 heterocycles. The normalized spacial score (nSPS) is 10.6. The van der Waals surface area contributed by atoms with Crippen molar-refractivity contribution in [3.8, 4) is 0 Å². The van der Waals surface area contributed by atoms with Gasteiger partial charge in [-0.1, -0.05) is 29.8 Å². The van der Waals surface area contributed by atoms with Crippen LogP contribution in [-0.2, 0) is 14.3 Å². The van der Waals surface area contributed by atoms with Gasteiger partial charge in [-0.2, -0.15) is 0 Å². The molecule has 124 valence electrons. The van der Waals surface area contributed by atoms with Crippen molar-refractivity contribution in [1.82, 2.24) is 0 Å². The summed E-state index contributed by atoms with van der Waals surface area (Å²) in [4.78, 5) is 23.1. The van der Waals surface area contributed by atoms with Crippen molar-refractivity contribution >= 4 is 35.2 Å². The van der Waals surface area contributed by atoms with Gasteiger partial charge in [-0.3, -0.25) is 4.79 Å². The van der Waals surface area contributed by atoms with E-state index in [4.69, 9.17) is 16.3 Å². The third-order valence-corrected chi connectivity index (χ3v) is 3.09. The van der Waals surface area contributed by atoms with Crippen molar-refractivity contribution in [2.45, 2.75) is 0 Å². The largest absolute Gasteiger partial charge is 0.452 e. The third-order valence-electron chi connectivity index (χ3n) is 2.85. The van der Waals surface area contributed by atoms with Crippen LogP contribution in [0.15, 0.2) is 48.5 Å². The summed E-state index contributed by atoms with van der Waals surface area (Å²) in [6.45, 7) is -0.609. The molecule has 0 aliphatic heterocycles. The molecule has 0 saturated heterocycles. The number of rotatable bonds is 5. The minimum atomic E-state index is -0.829. The smallest absolute Gasteiger partial charge is 0.331 e. The molecule has 0 radical (unpaired) electrons. The zero-order chi connectivity index (χ0) is 17.5. The molecular weight excluding hydrogens is 340 g/mol. The van der Waals surface area contributed by atoms with Gasteiger partial charge in [-0.15, -0.1) is 0 Å². The van der Waals surface area contributed by atoms with E-state index in [1.165, 1.54) is 36.4 Å². The molecular formula is C17H12ClF2NO3. The van der Waals surface area contributed by atoms with Crippen LogP contribution in [0.1, 0.15) is 5.56 Å². The summed E-state index contributed by atoms with van der Waals surface area (Å²) in [7, 11) is 0. The molecule has 0 unspecified atom stereocenters. The van der Waals surface area contributed by atoms with Crippen LogP contribution < -0.4 is 5.32 Å². The molecule has 0 atom stereocenters. The second kappa shape index (κ2) is 8.21. The Morgan fingerprint density at radius 2 is 1.88 bits per heavy atom. The van der Waals surface area contributed by atoms with Gasteiger partial charge in [0.1, 0.15) is 11.6 Å². The number of esters is 1. The number of nitrogens with one attached hydrogen (secondary N) is 1. The molecule has 1 amide bonds. The molecule has 4 nitrogen and oxygen atoms in total. The van der Waals surface area contributed by atoms with Gasteiger partial charge in [0.25, 0.3) is 5.91 Å². The lowest BCUT2D eigenvalue weighted by Gasteiger charge is -2.06. The fraction of sp³-hybridized carbons (Fsp3) is 0.0588. The van der Waals surface area contributed by atoms with Gasteiger partial charge in [0, 0.05) is 16.7 Å². The maximum absolute atomic E-state index is 13.5. The predicted octanol–water partition coefficient (Wildman–Crippen LogP) is 3.81. The fourth-order valence-corrected chi connectivity index (χ4v) is 1.89. The molecule has 7 heteroatoms. The maximum Gasteiger partial charge on any atom is 0.331 e. The van der Waals surface area contributed by atoms with Crippen molar-refractivity contribution in [3.63, 3.8) is 0 Å². The van der Waals surface area contributed by atoms with E-state index >= 15 is 0 Å². The highest BCUT2D eigenvalue weighted by molar-refractivity contribution is 6.30. The Morgan fingerprint density at radius 3 is 2.58 bits per heavy atom. The van der Waals surface area contributed by atoms with Gasteiger partial charge in [0.05, 0.1) is 5.69 Å². The first kappa shape index (κ1) is 17.6. The van der Waals surface area contributed by atoms with E-state index in [1.54, 1.807) is 6.07 Å². The zero-order valence-electron chi connectivity index (χ0n) is 12.3. The Kier molecular flexibility index (Phi) is 6.03. The molecule has 0 bridgehead atoms. The zero-order valence-corrected chi connectivity index (χ0v) is 13.0. The van der Waals surface area contributed by atoms with Crippen LogP contribution in [0.5, 0.6) is 0 Å². The Labute approximate surface area is 141 Å². The summed E-state index contributed by atoms with van der Waals surface area (Å²) in [5.41, 5.74) is 0.129. The van der Waals surface area contributed by atoms with Gasteiger partial charge >= 0.3 is 5.97 Å². The molecule has 0 fully saturated rings. The van der Waals surface area contributed by atoms with Crippen molar-refractivity contribution in [1.29, 1.82) is 0 Å². The monoisotopic (exact) mass is 351 g/mol. The van der Waals surface area contributed by atoms with Crippen LogP contribution in [0, 0.1) is 11.6 Å². The first-order valence-corrected chi connectivity index (χ1v) is 7.18. The molecule has 0 aliphatic rings. The maximum atomic E-state index is 13.5. The Morgan fingerprint density at radius 1 is 1.12 bits per heavy atom. The highest BCUT2D eigenvalue weighted by atomic mass is 35.5. The Bertz CT molecular complexity index is 793. The first-order chi connectivity index (χ1) is 11.5. The van der Waals surface area contributed by atoms with E-state index in [0.29, 0.717) is 0 Å². The van der Waals surface area contributed by atoms with Gasteiger partial charge in [0.2, 0.25) is 0 Å². The van der Waals surface area contributed by atoms with Gasteiger partial charge in [0.15, 0.2) is 6.61 Å². The lowest BCUT2D eigenvalue weighted by molar-refractivity contribution is -0.142. The second-order valence-electron chi connectivity index (χ2n) is 4.63. The van der Waals surface area contributed by atoms with Gasteiger partial charge in [-0.05, 0) is 30.3 Å². The summed E-state index contributed by atoms with van der Waals surface area (Å²) < 4.78 is 31.5. The van der Waals surface area contributed by atoms with E-state index in [2.05, 4.69) is 5.32 Å². The van der Waals surface area contributed by atoms with E-state index in [-0.39, 0.29) is 16.3 Å². The van der Waals surface area contributed by atoms with Crippen LogP contribution in [-0.4, -0.2) is 18.5 Å². The first-order valence-electron chi connectivity index (χ1n) is 6.80. The number of hydrogen-bond donors (Lipinski definition) is 1. The quantitative estimate of drug-likeness (QED) is 0.658. The summed E-state index contributed by atoms with van der Waals surface area (Å²) in [6, 6.07) is 9.60. The molecule has 0 saturated carbocycles. The highest BCUT2D eigenvalue weighted by Gasteiger charge is 2.09. The molecule has 1 N–H and O–H groups in total. The van der Waals surface area contributed by atoms with Crippen molar-refractivity contribution in [2.24, 2.45) is 0 Å². The summed E-state index contributed by atoms with van der Waals surface area (Å²) >= 11 is 5.60. The molecule has 0 aliphatic carbocycles. The number of carbonyl (C=O) groups is 2. The minimum absolute atomic E-state index is 0.0812. The van der Waals surface area contributed by atoms with Crippen LogP contribution in [0.3, 0.4) is 0 Å². The number of halogens is 3. The molecule has 2 aromatic carbocycles. The van der Waals surface area contributed by atoms with Crippen LogP contribution in [0.4, 0.5) is 14.5 Å². The van der Waals surface area contributed by atoms with E-state index in [0.717, 1.165) is 12.1 Å². The average Bonchev–Trinajstić information content (AvgIpc) is 2.55. The molecule has 2 aromatic rings. The lowest BCUT2D eigenvalue weighted by atomic mass is 10.2. The Balaban J connectivity index is 1.85. The van der Waals surface area contributed by atoms with Crippen LogP contribution in [0.2, 0.25) is 5.02 Å². The summed E-state index contributed by atoms with van der Waals surface area (Å²) in [5, 5.41) is 2.43. The molecule has 0 spiro atoms. The van der Waals surface area contributed by atoms with Crippen LogP contribution >= 0.6 is 11.6 Å². The molecule has 2 rings (SSSR count). The topological polar surface area (TPSA) is 55.4 Å². The fourth-order valence-electron chi connectivity index (χ4n) is 1.73. The number of anilines is 1. The molecule has 24 heavy (non-hydrogen) atoms. The standard InChI is InChI=1S/C17H12ClF2NO3/c18-12-6-7-15(14(20)9-12)21-16(22)10-24-17(23)8-5-11-3-1-2-4-13(11)19/h1-9H,10H2,(H,21,22)/b8-5+. The SMILES string of the molecule is O=C(COC(=O)/C=C/c1ccccc1F)Nc1ccc(Cl)cc1F. The van der Waals surface area contributed by atoms with Crippen LogP contribution in [0.25, 0.3) is 6.08 Å². The van der Waals surface area contributed by atoms with E-state index in [9.17, 15) is 18.4 Å². The highest BCUT2D eigenvalue weighted by Crippen LogP contribution is 2.18. The van der Waals surface area contributed by atoms with Gasteiger partial charge in [-0.25, -0.2) is 13.6 Å². The summed E-state index contributed by atoms with van der Waals surface area (Å²) in [6.07, 6.45) is 2.23. The second-order valence-corrected chi connectivity index (χ2v) is 5.07. The van der Waals surface area contributed by atoms with Gasteiger partial charge < -0.3 is 10.1 Å². The minimum Gasteiger partial charge on any atom is -0.452 e. The lowest BCUT2D eigenvalue weighted by Crippen LogP contribution is -2.20. The number of hydrogen-bond acceptors (Lipinski definition) is 3. The number of amides is 1. The van der Waals surface area contributed by atoms with E-state index < -0.39 is 30.1 Å². The average molecular weight is 352 g/mol. The number of ether oxygens (including phenoxy) is 1. The van der Waals surface area contributed by atoms with E-state index in [1.807, 2.05) is 0 Å². The third kappa shape index (κ3) is 5.17. The van der Waals surface area contributed by atoms with Crippen molar-refractivity contribution in [2.75, 3.05) is 11.9 Å². The number of benzene rings is 2. The van der Waals surface area contributed by atoms with Crippen molar-refractivity contribution < 1.29 is 23.1 Å². The molecule has 0 aromatic heterocycles. The number of carbonyl (C=O) groups excluding carboxylic acids is 2. The van der Waals surface area contributed by atoms with Crippen molar-refractivity contribution in [3.05, 3.63) is 70.8 Å². The summed E-state index contributed by atoms with van der Waals surface area (Å²) in [5.74, 6) is -2.74. The Hall–Kier alpha value is -2.73. The predicted molar refractivity (Wildman–Crippen MR) is 86.4 cm³/mol.